The summed E-state index contributed by atoms with van der Waals surface area (Å²) >= 11 is 0. The van der Waals surface area contributed by atoms with Crippen molar-refractivity contribution in [2.24, 2.45) is 0 Å². The number of hydrogen-bond acceptors (Lipinski definition) is 7. The third-order valence-corrected chi connectivity index (χ3v) is 2.71. The summed E-state index contributed by atoms with van der Waals surface area (Å²) in [5.41, 5.74) is 0. The van der Waals surface area contributed by atoms with E-state index in [0.29, 0.717) is 0 Å². The van der Waals surface area contributed by atoms with Crippen molar-refractivity contribution >= 4 is 7.82 Å². The van der Waals surface area contributed by atoms with Gasteiger partial charge < -0.3 is 34.9 Å². The molecule has 1 aliphatic heterocycles. The summed E-state index contributed by atoms with van der Waals surface area (Å²) in [5, 5.41) is 36.8. The zero-order valence-electron chi connectivity index (χ0n) is 8.00. The second kappa shape index (κ2) is 4.65. The van der Waals surface area contributed by atoms with E-state index in [1.165, 1.54) is 0 Å². The molecule has 16 heavy (non-hydrogen) atoms. The molecule has 4 atom stereocenters. The zero-order valence-corrected chi connectivity index (χ0v) is 8.90. The SMILES string of the molecule is O=P(O)(O)O[C@@]1(CO)OC[C@@H](O)[C@H](O)[C@@H]1O. The van der Waals surface area contributed by atoms with Gasteiger partial charge in [0.1, 0.15) is 24.9 Å². The van der Waals surface area contributed by atoms with Gasteiger partial charge in [0.15, 0.2) is 0 Å². The molecule has 0 aromatic rings. The quantitative estimate of drug-likeness (QED) is 0.289. The van der Waals surface area contributed by atoms with Crippen LogP contribution in [0.25, 0.3) is 0 Å². The molecule has 0 spiro atoms. The molecular weight excluding hydrogens is 247 g/mol. The molecule has 0 unspecified atom stereocenters. The summed E-state index contributed by atoms with van der Waals surface area (Å²) in [5.74, 6) is -2.45. The molecular formula is C6H13O9P. The normalized spacial score (nSPS) is 41.0. The Morgan fingerprint density at radius 3 is 2.38 bits per heavy atom. The van der Waals surface area contributed by atoms with Crippen LogP contribution in [0.2, 0.25) is 0 Å². The van der Waals surface area contributed by atoms with Crippen molar-refractivity contribution in [3.63, 3.8) is 0 Å². The largest absolute Gasteiger partial charge is 0.472 e. The third kappa shape index (κ3) is 2.77. The van der Waals surface area contributed by atoms with Crippen molar-refractivity contribution in [3.8, 4) is 0 Å². The summed E-state index contributed by atoms with van der Waals surface area (Å²) in [6.07, 6.45) is -5.17. The van der Waals surface area contributed by atoms with Gasteiger partial charge in [-0.1, -0.05) is 0 Å². The maximum absolute atomic E-state index is 10.6. The molecule has 6 N–H and O–H groups in total. The van der Waals surface area contributed by atoms with Gasteiger partial charge >= 0.3 is 7.82 Å². The maximum Gasteiger partial charge on any atom is 0.472 e. The fourth-order valence-electron chi connectivity index (χ4n) is 1.33. The molecule has 0 saturated carbocycles. The lowest BCUT2D eigenvalue weighted by molar-refractivity contribution is -0.322. The first-order valence-corrected chi connectivity index (χ1v) is 5.80. The highest BCUT2D eigenvalue weighted by atomic mass is 31.2. The van der Waals surface area contributed by atoms with Crippen LogP contribution in [-0.2, 0) is 13.8 Å². The molecule has 0 bridgehead atoms. The Hall–Kier alpha value is -0.0900. The van der Waals surface area contributed by atoms with E-state index < -0.39 is 45.1 Å². The number of phosphoric ester groups is 1. The molecule has 1 saturated heterocycles. The molecule has 1 aliphatic rings. The van der Waals surface area contributed by atoms with Crippen LogP contribution >= 0.6 is 7.82 Å². The average molecular weight is 260 g/mol. The van der Waals surface area contributed by atoms with Crippen LogP contribution in [-0.4, -0.2) is 67.5 Å². The average Bonchev–Trinajstić information content (AvgIpc) is 2.18. The van der Waals surface area contributed by atoms with E-state index in [4.69, 9.17) is 20.0 Å². The monoisotopic (exact) mass is 260 g/mol. The molecule has 1 rings (SSSR count). The van der Waals surface area contributed by atoms with E-state index in [0.717, 1.165) is 0 Å². The van der Waals surface area contributed by atoms with Crippen LogP contribution < -0.4 is 0 Å². The molecule has 10 heteroatoms. The number of aliphatic hydroxyl groups is 4. The Balaban J connectivity index is 2.91. The highest BCUT2D eigenvalue weighted by Crippen LogP contribution is 2.44. The second-order valence-corrected chi connectivity index (χ2v) is 4.53. The van der Waals surface area contributed by atoms with Gasteiger partial charge in [-0.3, -0.25) is 0 Å². The number of aliphatic hydroxyl groups excluding tert-OH is 4. The molecule has 0 amide bonds. The van der Waals surface area contributed by atoms with Gasteiger partial charge in [-0.2, -0.15) is 0 Å². The summed E-state index contributed by atoms with van der Waals surface area (Å²) in [4.78, 5) is 17.2. The van der Waals surface area contributed by atoms with Crippen molar-refractivity contribution in [1.82, 2.24) is 0 Å². The Morgan fingerprint density at radius 2 is 1.94 bits per heavy atom. The Bertz CT molecular complexity index is 290. The van der Waals surface area contributed by atoms with E-state index in [9.17, 15) is 14.8 Å². The predicted molar refractivity (Wildman–Crippen MR) is 46.9 cm³/mol. The topological polar surface area (TPSA) is 157 Å². The Labute approximate surface area is 90.1 Å². The Kier molecular flexibility index (Phi) is 4.06. The molecule has 0 aromatic heterocycles. The second-order valence-electron chi connectivity index (χ2n) is 3.37. The molecule has 1 heterocycles. The van der Waals surface area contributed by atoms with E-state index in [1.54, 1.807) is 0 Å². The lowest BCUT2D eigenvalue weighted by Crippen LogP contribution is -2.63. The summed E-state index contributed by atoms with van der Waals surface area (Å²) in [6, 6.07) is 0. The maximum atomic E-state index is 10.6. The van der Waals surface area contributed by atoms with Gasteiger partial charge in [0.05, 0.1) is 6.61 Å². The molecule has 1 fully saturated rings. The van der Waals surface area contributed by atoms with E-state index in [2.05, 4.69) is 9.26 Å². The number of rotatable bonds is 3. The highest BCUT2D eigenvalue weighted by Gasteiger charge is 2.53. The first kappa shape index (κ1) is 14.0. The van der Waals surface area contributed by atoms with E-state index >= 15 is 0 Å². The van der Waals surface area contributed by atoms with Crippen molar-refractivity contribution in [2.75, 3.05) is 13.2 Å². The van der Waals surface area contributed by atoms with Crippen molar-refractivity contribution in [3.05, 3.63) is 0 Å². The summed E-state index contributed by atoms with van der Waals surface area (Å²) in [6.45, 7) is -1.64. The molecule has 0 radical (unpaired) electrons. The minimum atomic E-state index is -5.04. The van der Waals surface area contributed by atoms with Crippen LogP contribution in [0.4, 0.5) is 0 Å². The van der Waals surface area contributed by atoms with Gasteiger partial charge in [-0.05, 0) is 0 Å². The molecule has 96 valence electrons. The van der Waals surface area contributed by atoms with E-state index in [1.807, 2.05) is 0 Å². The lowest BCUT2D eigenvalue weighted by Gasteiger charge is -2.43. The van der Waals surface area contributed by atoms with Gasteiger partial charge in [0.2, 0.25) is 5.79 Å². The summed E-state index contributed by atoms with van der Waals surface area (Å²) in [7, 11) is -5.04. The molecule has 9 nitrogen and oxygen atoms in total. The van der Waals surface area contributed by atoms with E-state index in [-0.39, 0.29) is 0 Å². The van der Waals surface area contributed by atoms with Crippen molar-refractivity contribution in [1.29, 1.82) is 0 Å². The summed E-state index contributed by atoms with van der Waals surface area (Å²) < 4.78 is 19.4. The fourth-order valence-corrected chi connectivity index (χ4v) is 1.95. The minimum Gasteiger partial charge on any atom is -0.391 e. The highest BCUT2D eigenvalue weighted by molar-refractivity contribution is 7.46. The number of ether oxygens (including phenoxy) is 1. The van der Waals surface area contributed by atoms with Gasteiger partial charge in [-0.25, -0.2) is 9.09 Å². The number of phosphoric acid groups is 1. The molecule has 0 aromatic carbocycles. The lowest BCUT2D eigenvalue weighted by atomic mass is 9.98. The van der Waals surface area contributed by atoms with Gasteiger partial charge in [0, 0.05) is 0 Å². The van der Waals surface area contributed by atoms with Gasteiger partial charge in [0.25, 0.3) is 0 Å². The van der Waals surface area contributed by atoms with Crippen LogP contribution in [0.1, 0.15) is 0 Å². The standard InChI is InChI=1S/C6H13O9P/c7-2-6(15-16(11,12)13)5(10)4(9)3(8)1-14-6/h3-5,7-10H,1-2H2,(H2,11,12,13)/t3-,4+,5+,6-/m1/s1. The zero-order chi connectivity index (χ0) is 12.6. The third-order valence-electron chi connectivity index (χ3n) is 2.16. The number of hydrogen-bond donors (Lipinski definition) is 6. The minimum absolute atomic E-state index is 0.543. The van der Waals surface area contributed by atoms with Crippen LogP contribution in [0.5, 0.6) is 0 Å². The molecule has 0 aliphatic carbocycles. The van der Waals surface area contributed by atoms with Crippen molar-refractivity contribution in [2.45, 2.75) is 24.1 Å². The smallest absolute Gasteiger partial charge is 0.391 e. The van der Waals surface area contributed by atoms with Crippen LogP contribution in [0.15, 0.2) is 0 Å². The predicted octanol–water partition coefficient (Wildman–Crippen LogP) is -3.10. The van der Waals surface area contributed by atoms with Crippen LogP contribution in [0.3, 0.4) is 0 Å². The Morgan fingerprint density at radius 1 is 1.38 bits per heavy atom. The van der Waals surface area contributed by atoms with Crippen LogP contribution in [0, 0.1) is 0 Å². The van der Waals surface area contributed by atoms with Gasteiger partial charge in [-0.15, -0.1) is 0 Å². The fraction of sp³-hybridized carbons (Fsp3) is 1.00. The first-order chi connectivity index (χ1) is 7.22. The first-order valence-electron chi connectivity index (χ1n) is 4.27. The van der Waals surface area contributed by atoms with Crippen molar-refractivity contribution < 1.29 is 44.0 Å².